The number of carbonyl (C=O) groups excluding carboxylic acids is 1. The molecule has 0 rings (SSSR count). The van der Waals surface area contributed by atoms with E-state index >= 15 is 0 Å². The van der Waals surface area contributed by atoms with Gasteiger partial charge in [0.25, 0.3) is 0 Å². The molecule has 0 heterocycles. The van der Waals surface area contributed by atoms with Crippen molar-refractivity contribution >= 4 is 17.6 Å². The average molecular weight is 284 g/mol. The normalized spacial score (nSPS) is 13.1. The molecule has 0 radical (unpaired) electrons. The third-order valence-corrected chi connectivity index (χ3v) is 2.09. The fourth-order valence-electron chi connectivity index (χ4n) is 0.681. The molecule has 0 aromatic carbocycles. The molecule has 0 unspecified atom stereocenters. The van der Waals surface area contributed by atoms with Crippen LogP contribution in [0.5, 0.6) is 0 Å². The molecule has 0 aliphatic heterocycles. The summed E-state index contributed by atoms with van der Waals surface area (Å²) in [6.07, 6.45) is -12.7. The molecule has 0 aliphatic carbocycles. The van der Waals surface area contributed by atoms with Gasteiger partial charge in [-0.3, -0.25) is 0 Å². The summed E-state index contributed by atoms with van der Waals surface area (Å²) in [7, 11) is 0. The molecule has 17 heavy (non-hydrogen) atoms. The Kier molecular flexibility index (Phi) is 4.65. The molecule has 3 nitrogen and oxygen atoms in total. The highest BCUT2D eigenvalue weighted by atomic mass is 35.5. The smallest absolute Gasteiger partial charge is 0.427 e. The maximum Gasteiger partial charge on any atom is 0.427 e. The Morgan fingerprint density at radius 3 is 1.88 bits per heavy atom. The van der Waals surface area contributed by atoms with E-state index in [9.17, 15) is 31.1 Å². The number of alkyl halides is 7. The average Bonchev–Trinajstić information content (AvgIpc) is 2.13. The molecule has 0 N–H and O–H groups in total. The molecule has 0 bridgehead atoms. The Bertz CT molecular complexity index is 317. The predicted octanol–water partition coefficient (Wildman–Crippen LogP) is 2.55. The van der Waals surface area contributed by atoms with Crippen molar-refractivity contribution in [2.45, 2.75) is 23.6 Å². The molecule has 0 atom stereocenters. The minimum Gasteiger partial charge on any atom is -0.463 e. The van der Waals surface area contributed by atoms with Crippen molar-refractivity contribution < 1.29 is 35.9 Å². The summed E-state index contributed by atoms with van der Waals surface area (Å²) in [5.41, 5.74) is 0. The molecule has 0 fully saturated rings. The maximum atomic E-state index is 12.1. The molecule has 0 aromatic rings. The van der Waals surface area contributed by atoms with E-state index < -0.39 is 36.2 Å². The van der Waals surface area contributed by atoms with Gasteiger partial charge >= 0.3 is 23.2 Å². The second kappa shape index (κ2) is 5.00. The lowest BCUT2D eigenvalue weighted by Crippen LogP contribution is -2.58. The van der Waals surface area contributed by atoms with Crippen molar-refractivity contribution in [1.29, 1.82) is 5.26 Å². The van der Waals surface area contributed by atoms with Crippen LogP contribution < -0.4 is 0 Å². The van der Waals surface area contributed by atoms with E-state index in [0.717, 1.165) is 0 Å². The van der Waals surface area contributed by atoms with E-state index in [-0.39, 0.29) is 0 Å². The highest BCUT2D eigenvalue weighted by molar-refractivity contribution is 6.35. The molecule has 0 amide bonds. The largest absolute Gasteiger partial charge is 0.463 e. The maximum absolute atomic E-state index is 12.1. The zero-order valence-electron chi connectivity index (χ0n) is 7.82. The van der Waals surface area contributed by atoms with Crippen molar-refractivity contribution in [3.05, 3.63) is 0 Å². The number of rotatable bonds is 3. The molecular weight excluding hydrogens is 280 g/mol. The monoisotopic (exact) mass is 283 g/mol. The first-order valence-corrected chi connectivity index (χ1v) is 4.22. The lowest BCUT2D eigenvalue weighted by Gasteiger charge is -2.28. The molecular formula is C7H4ClF6NO2. The Morgan fingerprint density at radius 1 is 1.18 bits per heavy atom. The third-order valence-electron chi connectivity index (χ3n) is 1.51. The highest BCUT2D eigenvalue weighted by Crippen LogP contribution is 2.48. The summed E-state index contributed by atoms with van der Waals surface area (Å²) >= 11 is 4.31. The van der Waals surface area contributed by atoms with Crippen LogP contribution in [0.25, 0.3) is 0 Å². The Labute approximate surface area is 95.9 Å². The summed E-state index contributed by atoms with van der Waals surface area (Å²) in [6, 6.07) is 1.37. The van der Waals surface area contributed by atoms with Crippen molar-refractivity contribution in [3.8, 4) is 6.07 Å². The topological polar surface area (TPSA) is 50.1 Å². The van der Waals surface area contributed by atoms with Gasteiger partial charge in [-0.05, 0) is 0 Å². The molecule has 0 aromatic heterocycles. The van der Waals surface area contributed by atoms with Gasteiger partial charge in [0.05, 0.1) is 12.5 Å². The van der Waals surface area contributed by atoms with Crippen molar-refractivity contribution in [1.82, 2.24) is 0 Å². The molecule has 98 valence electrons. The third kappa shape index (κ3) is 3.15. The molecule has 10 heteroatoms. The molecule has 0 saturated heterocycles. The number of halogens is 7. The Morgan fingerprint density at radius 2 is 1.59 bits per heavy atom. The van der Waals surface area contributed by atoms with Crippen LogP contribution in [0, 0.1) is 11.3 Å². The molecule has 0 spiro atoms. The van der Waals surface area contributed by atoms with E-state index in [1.807, 2.05) is 0 Å². The van der Waals surface area contributed by atoms with Crippen LogP contribution in [0.4, 0.5) is 26.3 Å². The van der Waals surface area contributed by atoms with Gasteiger partial charge in [-0.1, -0.05) is 11.6 Å². The van der Waals surface area contributed by atoms with Crippen LogP contribution in [0.15, 0.2) is 0 Å². The fraction of sp³-hybridized carbons (Fsp3) is 0.714. The zero-order chi connectivity index (χ0) is 13.9. The quantitative estimate of drug-likeness (QED) is 0.346. The Balaban J connectivity index is 5.11. The first kappa shape index (κ1) is 15.8. The van der Waals surface area contributed by atoms with Crippen LogP contribution in [0.3, 0.4) is 0 Å². The zero-order valence-corrected chi connectivity index (χ0v) is 8.58. The van der Waals surface area contributed by atoms with Gasteiger partial charge < -0.3 is 4.74 Å². The molecule has 0 aliphatic rings. The number of hydrogen-bond donors (Lipinski definition) is 0. The summed E-state index contributed by atoms with van der Waals surface area (Å²) in [5, 5.41) is 7.98. The summed E-state index contributed by atoms with van der Waals surface area (Å²) in [6.45, 7) is -0.907. The van der Waals surface area contributed by atoms with E-state index in [4.69, 9.17) is 5.26 Å². The fourth-order valence-corrected chi connectivity index (χ4v) is 0.736. The lowest BCUT2D eigenvalue weighted by atomic mass is 10.1. The number of ether oxygens (including phenoxy) is 1. The second-order valence-corrected chi connectivity index (χ2v) is 3.26. The SMILES string of the molecule is N#CCCOC(=O)C(Cl)(C(F)(F)F)C(F)(F)F. The van der Waals surface area contributed by atoms with E-state index in [0.29, 0.717) is 0 Å². The number of nitrogens with zero attached hydrogens (tertiary/aromatic N) is 1. The standard InChI is InChI=1S/C7H4ClF6NO2/c8-5(6(9,10)11,7(12,13)14)4(16)17-3-1-2-15/h1,3H2. The van der Waals surface area contributed by atoms with Gasteiger partial charge in [-0.25, -0.2) is 4.79 Å². The van der Waals surface area contributed by atoms with Crippen LogP contribution in [0.2, 0.25) is 0 Å². The highest BCUT2D eigenvalue weighted by Gasteiger charge is 2.76. The van der Waals surface area contributed by atoms with Gasteiger partial charge in [0.2, 0.25) is 0 Å². The number of carbonyl (C=O) groups is 1. The minimum atomic E-state index is -6.06. The summed E-state index contributed by atoms with van der Waals surface area (Å²) < 4.78 is 76.5. The summed E-state index contributed by atoms with van der Waals surface area (Å²) in [5.74, 6) is -2.70. The first-order chi connectivity index (χ1) is 7.48. The number of hydrogen-bond acceptors (Lipinski definition) is 3. The van der Waals surface area contributed by atoms with Crippen molar-refractivity contribution in [2.75, 3.05) is 6.61 Å². The van der Waals surface area contributed by atoms with Gasteiger partial charge in [-0.2, -0.15) is 31.6 Å². The van der Waals surface area contributed by atoms with Crippen molar-refractivity contribution in [3.63, 3.8) is 0 Å². The van der Waals surface area contributed by atoms with E-state index in [2.05, 4.69) is 16.3 Å². The first-order valence-electron chi connectivity index (χ1n) is 3.85. The summed E-state index contributed by atoms with van der Waals surface area (Å²) in [4.78, 5) is 5.61. The number of nitriles is 1. The van der Waals surface area contributed by atoms with Crippen LogP contribution in [-0.2, 0) is 9.53 Å². The van der Waals surface area contributed by atoms with E-state index in [1.54, 1.807) is 0 Å². The van der Waals surface area contributed by atoms with Gasteiger partial charge in [0.15, 0.2) is 0 Å². The van der Waals surface area contributed by atoms with Crippen LogP contribution in [0.1, 0.15) is 6.42 Å². The van der Waals surface area contributed by atoms with Crippen LogP contribution in [-0.4, -0.2) is 29.8 Å². The molecule has 0 saturated carbocycles. The second-order valence-electron chi connectivity index (χ2n) is 2.70. The van der Waals surface area contributed by atoms with Crippen LogP contribution >= 0.6 is 11.6 Å². The van der Waals surface area contributed by atoms with Gasteiger partial charge in [0.1, 0.15) is 6.61 Å². The van der Waals surface area contributed by atoms with Gasteiger partial charge in [-0.15, -0.1) is 0 Å². The van der Waals surface area contributed by atoms with E-state index in [1.165, 1.54) is 6.07 Å². The Hall–Kier alpha value is -1.17. The predicted molar refractivity (Wildman–Crippen MR) is 41.9 cm³/mol. The number of esters is 1. The van der Waals surface area contributed by atoms with Crippen molar-refractivity contribution in [2.24, 2.45) is 0 Å². The minimum absolute atomic E-state index is 0.547. The lowest BCUT2D eigenvalue weighted by molar-refractivity contribution is -0.268. The van der Waals surface area contributed by atoms with Gasteiger partial charge in [0, 0.05) is 0 Å².